The molecule has 2 aromatic rings. The second kappa shape index (κ2) is 9.60. The molecule has 1 N–H and O–H groups in total. The molecule has 32 heavy (non-hydrogen) atoms. The number of ether oxygens (including phenoxy) is 2. The lowest BCUT2D eigenvalue weighted by Gasteiger charge is -2.26. The highest BCUT2D eigenvalue weighted by atomic mass is 79.9. The minimum Gasteiger partial charge on any atom is -0.490 e. The number of nitro benzene ring substituents is 1. The number of urea groups is 1. The second-order valence-corrected chi connectivity index (χ2v) is 7.29. The van der Waals surface area contributed by atoms with Crippen LogP contribution in [0.2, 0.25) is 0 Å². The van der Waals surface area contributed by atoms with Crippen LogP contribution in [0, 0.1) is 10.1 Å². The van der Waals surface area contributed by atoms with Crippen molar-refractivity contribution < 1.29 is 28.8 Å². The number of barbiturate groups is 1. The topological polar surface area (TPSA) is 128 Å². The molecule has 0 saturated carbocycles. The fraction of sp³-hybridized carbons (Fsp3) is 0.190. The highest BCUT2D eigenvalue weighted by molar-refractivity contribution is 9.10. The first-order valence-corrected chi connectivity index (χ1v) is 10.3. The van der Waals surface area contributed by atoms with Crippen molar-refractivity contribution in [2.45, 2.75) is 13.8 Å². The summed E-state index contributed by atoms with van der Waals surface area (Å²) in [6, 6.07) is 7.23. The average molecular weight is 504 g/mol. The summed E-state index contributed by atoms with van der Waals surface area (Å²) in [4.78, 5) is 48.9. The number of nitro groups is 1. The maximum atomic E-state index is 13.0. The molecule has 0 unspecified atom stereocenters. The van der Waals surface area contributed by atoms with E-state index >= 15 is 0 Å². The Morgan fingerprint density at radius 1 is 1.12 bits per heavy atom. The maximum Gasteiger partial charge on any atom is 0.335 e. The summed E-state index contributed by atoms with van der Waals surface area (Å²) >= 11 is 3.40. The number of nitrogens with one attached hydrogen (secondary N) is 1. The van der Waals surface area contributed by atoms with Gasteiger partial charge in [-0.2, -0.15) is 0 Å². The third kappa shape index (κ3) is 4.62. The number of rotatable bonds is 7. The molecule has 4 amide bonds. The third-order valence-corrected chi connectivity index (χ3v) is 4.92. The van der Waals surface area contributed by atoms with Crippen molar-refractivity contribution in [3.8, 4) is 11.5 Å². The highest BCUT2D eigenvalue weighted by Crippen LogP contribution is 2.38. The van der Waals surface area contributed by atoms with Crippen LogP contribution in [0.1, 0.15) is 19.4 Å². The lowest BCUT2D eigenvalue weighted by molar-refractivity contribution is -0.384. The minimum atomic E-state index is -1.000. The van der Waals surface area contributed by atoms with Crippen LogP contribution in [-0.2, 0) is 9.59 Å². The number of carbonyl (C=O) groups is 3. The van der Waals surface area contributed by atoms with E-state index in [4.69, 9.17) is 9.47 Å². The van der Waals surface area contributed by atoms with Gasteiger partial charge in [-0.15, -0.1) is 0 Å². The van der Waals surface area contributed by atoms with Gasteiger partial charge in [0.25, 0.3) is 17.5 Å². The highest BCUT2D eigenvalue weighted by Gasteiger charge is 2.37. The molecule has 1 saturated heterocycles. The van der Waals surface area contributed by atoms with Crippen molar-refractivity contribution in [2.75, 3.05) is 18.1 Å². The molecule has 0 aromatic heterocycles. The number of benzene rings is 2. The number of non-ortho nitro benzene ring substituents is 1. The van der Waals surface area contributed by atoms with Gasteiger partial charge in [0.2, 0.25) is 0 Å². The summed E-state index contributed by atoms with van der Waals surface area (Å²) in [6.07, 6.45) is 1.30. The number of hydrogen-bond acceptors (Lipinski definition) is 7. The number of carbonyl (C=O) groups excluding carboxylic acids is 3. The molecule has 0 spiro atoms. The Labute approximate surface area is 191 Å². The quantitative estimate of drug-likeness (QED) is 0.263. The van der Waals surface area contributed by atoms with E-state index in [1.165, 1.54) is 24.3 Å². The summed E-state index contributed by atoms with van der Waals surface area (Å²) in [5.74, 6) is -0.915. The Morgan fingerprint density at radius 3 is 2.50 bits per heavy atom. The number of anilines is 1. The van der Waals surface area contributed by atoms with Gasteiger partial charge in [0.15, 0.2) is 11.5 Å². The fourth-order valence-corrected chi connectivity index (χ4v) is 3.60. The molecule has 1 heterocycles. The largest absolute Gasteiger partial charge is 0.490 e. The van der Waals surface area contributed by atoms with Gasteiger partial charge in [0.05, 0.1) is 28.3 Å². The Morgan fingerprint density at radius 2 is 1.84 bits per heavy atom. The molecule has 0 radical (unpaired) electrons. The van der Waals surface area contributed by atoms with Crippen LogP contribution in [-0.4, -0.2) is 36.0 Å². The summed E-state index contributed by atoms with van der Waals surface area (Å²) in [5, 5.41) is 13.1. The zero-order valence-corrected chi connectivity index (χ0v) is 18.7. The minimum absolute atomic E-state index is 0.0389. The molecule has 1 aliphatic heterocycles. The number of nitrogens with zero attached hydrogens (tertiary/aromatic N) is 2. The van der Waals surface area contributed by atoms with E-state index in [1.54, 1.807) is 19.1 Å². The van der Waals surface area contributed by atoms with E-state index in [0.717, 1.165) is 6.07 Å². The van der Waals surface area contributed by atoms with Gasteiger partial charge in [-0.1, -0.05) is 6.07 Å². The molecule has 0 aliphatic carbocycles. The van der Waals surface area contributed by atoms with Gasteiger partial charge in [0, 0.05) is 12.1 Å². The van der Waals surface area contributed by atoms with Crippen LogP contribution < -0.4 is 19.7 Å². The van der Waals surface area contributed by atoms with Crippen LogP contribution in [0.15, 0.2) is 46.4 Å². The van der Waals surface area contributed by atoms with E-state index in [-0.39, 0.29) is 16.9 Å². The van der Waals surface area contributed by atoms with Gasteiger partial charge in [-0.05, 0) is 59.6 Å². The average Bonchev–Trinajstić information content (AvgIpc) is 2.74. The van der Waals surface area contributed by atoms with E-state index in [0.29, 0.717) is 39.6 Å². The molecule has 1 aliphatic rings. The summed E-state index contributed by atoms with van der Waals surface area (Å²) in [6.45, 7) is 4.39. The molecule has 10 nitrogen and oxygen atoms in total. The molecule has 2 aromatic carbocycles. The zero-order valence-electron chi connectivity index (χ0n) is 17.1. The monoisotopic (exact) mass is 503 g/mol. The molecule has 3 rings (SSSR count). The van der Waals surface area contributed by atoms with E-state index in [1.807, 2.05) is 6.92 Å². The van der Waals surface area contributed by atoms with Gasteiger partial charge in [-0.25, -0.2) is 9.69 Å². The standard InChI is InChI=1S/C21H18BrN3O7/c1-3-31-17-10-12(9-16(22)18(17)32-4-2)8-15-19(26)23-21(28)24(20(15)27)13-6-5-7-14(11-13)25(29)30/h5-11H,3-4H2,1-2H3,(H,23,26,28)/b15-8+. The molecule has 11 heteroatoms. The number of hydrogen-bond donors (Lipinski definition) is 1. The fourth-order valence-electron chi connectivity index (χ4n) is 3.02. The predicted octanol–water partition coefficient (Wildman–Crippen LogP) is 3.82. The zero-order chi connectivity index (χ0) is 23.4. The Balaban J connectivity index is 2.04. The smallest absolute Gasteiger partial charge is 0.335 e. The van der Waals surface area contributed by atoms with Crippen LogP contribution in [0.3, 0.4) is 0 Å². The van der Waals surface area contributed by atoms with E-state index < -0.39 is 22.8 Å². The van der Waals surface area contributed by atoms with E-state index in [9.17, 15) is 24.5 Å². The Kier molecular flexibility index (Phi) is 6.89. The molecule has 0 bridgehead atoms. The van der Waals surface area contributed by atoms with Crippen molar-refractivity contribution in [1.82, 2.24) is 5.32 Å². The first kappa shape index (κ1) is 22.9. The van der Waals surface area contributed by atoms with Crippen molar-refractivity contribution in [2.24, 2.45) is 0 Å². The summed E-state index contributed by atoms with van der Waals surface area (Å²) in [7, 11) is 0. The van der Waals surface area contributed by atoms with Crippen LogP contribution in [0.25, 0.3) is 6.08 Å². The van der Waals surface area contributed by atoms with Crippen molar-refractivity contribution in [3.63, 3.8) is 0 Å². The molecule has 166 valence electrons. The first-order chi connectivity index (χ1) is 15.3. The lowest BCUT2D eigenvalue weighted by Crippen LogP contribution is -2.54. The summed E-state index contributed by atoms with van der Waals surface area (Å²) < 4.78 is 11.7. The number of amides is 4. The van der Waals surface area contributed by atoms with Crippen molar-refractivity contribution in [3.05, 3.63) is 62.1 Å². The molecule has 0 atom stereocenters. The van der Waals surface area contributed by atoms with Crippen LogP contribution in [0.4, 0.5) is 16.2 Å². The van der Waals surface area contributed by atoms with Crippen molar-refractivity contribution in [1.29, 1.82) is 0 Å². The molecular formula is C21H18BrN3O7. The van der Waals surface area contributed by atoms with E-state index in [2.05, 4.69) is 21.2 Å². The van der Waals surface area contributed by atoms with Gasteiger partial charge < -0.3 is 9.47 Å². The Bertz CT molecular complexity index is 1150. The molecule has 1 fully saturated rings. The maximum absolute atomic E-state index is 13.0. The predicted molar refractivity (Wildman–Crippen MR) is 119 cm³/mol. The van der Waals surface area contributed by atoms with Gasteiger partial charge in [-0.3, -0.25) is 25.0 Å². The van der Waals surface area contributed by atoms with Crippen molar-refractivity contribution >= 4 is 51.2 Å². The van der Waals surface area contributed by atoms with Gasteiger partial charge in [0.1, 0.15) is 5.57 Å². The lowest BCUT2D eigenvalue weighted by atomic mass is 10.1. The van der Waals surface area contributed by atoms with Crippen LogP contribution >= 0.6 is 15.9 Å². The Hall–Kier alpha value is -3.73. The van der Waals surface area contributed by atoms with Crippen LogP contribution in [0.5, 0.6) is 11.5 Å². The second-order valence-electron chi connectivity index (χ2n) is 6.43. The SMILES string of the molecule is CCOc1cc(/C=C2\C(=O)NC(=O)N(c3cccc([N+](=O)[O-])c3)C2=O)cc(Br)c1OCC. The normalized spacial score (nSPS) is 15.0. The van der Waals surface area contributed by atoms with Gasteiger partial charge >= 0.3 is 6.03 Å². The first-order valence-electron chi connectivity index (χ1n) is 9.51. The number of imide groups is 2. The number of halogens is 1. The third-order valence-electron chi connectivity index (χ3n) is 4.33. The summed E-state index contributed by atoms with van der Waals surface area (Å²) in [5.41, 5.74) is -0.226. The molecular weight excluding hydrogens is 486 g/mol.